The van der Waals surface area contributed by atoms with Crippen LogP contribution in [0.5, 0.6) is 11.5 Å². The average Bonchev–Trinajstić information content (AvgIpc) is 3.00. The predicted molar refractivity (Wildman–Crippen MR) is 116 cm³/mol. The minimum atomic E-state index is -0.690. The third kappa shape index (κ3) is 3.47. The molecule has 1 fully saturated rings. The van der Waals surface area contributed by atoms with Gasteiger partial charge >= 0.3 is 0 Å². The van der Waals surface area contributed by atoms with Crippen molar-refractivity contribution in [2.75, 3.05) is 19.8 Å². The zero-order chi connectivity index (χ0) is 21.4. The van der Waals surface area contributed by atoms with Gasteiger partial charge in [0.25, 0.3) is 11.7 Å². The summed E-state index contributed by atoms with van der Waals surface area (Å²) in [5.41, 5.74) is 2.19. The summed E-state index contributed by atoms with van der Waals surface area (Å²) in [7, 11) is 0. The lowest BCUT2D eigenvalue weighted by Gasteiger charge is -2.26. The van der Waals surface area contributed by atoms with E-state index in [0.29, 0.717) is 48.8 Å². The van der Waals surface area contributed by atoms with E-state index in [1.807, 2.05) is 26.0 Å². The molecule has 0 aromatic heterocycles. The molecular formula is C23H22BrNO5. The molecule has 0 radical (unpaired) electrons. The lowest BCUT2D eigenvalue weighted by molar-refractivity contribution is -0.139. The summed E-state index contributed by atoms with van der Waals surface area (Å²) in [5.74, 6) is -0.266. The fourth-order valence-corrected chi connectivity index (χ4v) is 4.12. The molecule has 0 bridgehead atoms. The summed E-state index contributed by atoms with van der Waals surface area (Å²) < 4.78 is 12.2. The number of rotatable bonds is 4. The Morgan fingerprint density at radius 1 is 1.13 bits per heavy atom. The van der Waals surface area contributed by atoms with Crippen LogP contribution < -0.4 is 9.47 Å². The molecule has 7 heteroatoms. The molecular weight excluding hydrogens is 450 g/mol. The highest BCUT2D eigenvalue weighted by Crippen LogP contribution is 2.42. The molecule has 30 heavy (non-hydrogen) atoms. The number of nitrogens with zero attached hydrogens (tertiary/aromatic N) is 1. The smallest absolute Gasteiger partial charge is 0.295 e. The SMILES string of the molecule is CCCN1C(=O)C(=O)/C(=C(\O)c2ccc(Br)c(C)c2)C1c1ccc2c(c1)OCCO2. The number of hydrogen-bond donors (Lipinski definition) is 1. The van der Waals surface area contributed by atoms with E-state index < -0.39 is 17.7 Å². The summed E-state index contributed by atoms with van der Waals surface area (Å²) in [6.45, 7) is 5.15. The van der Waals surface area contributed by atoms with Gasteiger partial charge in [0.15, 0.2) is 11.5 Å². The number of Topliss-reactive ketones (excluding diaryl/α,β-unsaturated/α-hetero) is 1. The zero-order valence-corrected chi connectivity index (χ0v) is 18.4. The topological polar surface area (TPSA) is 76.1 Å². The maximum absolute atomic E-state index is 13.0. The van der Waals surface area contributed by atoms with Crippen LogP contribution >= 0.6 is 15.9 Å². The van der Waals surface area contributed by atoms with E-state index in [-0.39, 0.29) is 11.3 Å². The Morgan fingerprint density at radius 2 is 1.87 bits per heavy atom. The standard InChI is InChI=1S/C23H22BrNO5/c1-3-8-25-20(14-5-7-17-18(12-14)30-10-9-29-17)19(22(27)23(25)28)21(26)15-4-6-16(24)13(2)11-15/h4-7,11-12,20,26H,3,8-10H2,1-2H3/b21-19-. The van der Waals surface area contributed by atoms with Crippen molar-refractivity contribution in [1.82, 2.24) is 4.90 Å². The van der Waals surface area contributed by atoms with Gasteiger partial charge in [-0.3, -0.25) is 9.59 Å². The molecule has 0 spiro atoms. The number of ether oxygens (including phenoxy) is 2. The Balaban J connectivity index is 1.87. The van der Waals surface area contributed by atoms with Gasteiger partial charge in [0.1, 0.15) is 19.0 Å². The Labute approximate surface area is 183 Å². The van der Waals surface area contributed by atoms with E-state index >= 15 is 0 Å². The van der Waals surface area contributed by atoms with Gasteiger partial charge in [-0.05, 0) is 48.7 Å². The van der Waals surface area contributed by atoms with Gasteiger partial charge in [-0.1, -0.05) is 35.0 Å². The number of aryl methyl sites for hydroxylation is 1. The monoisotopic (exact) mass is 471 g/mol. The van der Waals surface area contributed by atoms with Crippen LogP contribution in [0.1, 0.15) is 36.1 Å². The van der Waals surface area contributed by atoms with E-state index in [4.69, 9.17) is 9.47 Å². The van der Waals surface area contributed by atoms with Crippen molar-refractivity contribution in [2.24, 2.45) is 0 Å². The second-order valence-electron chi connectivity index (χ2n) is 7.36. The minimum absolute atomic E-state index is 0.0897. The highest BCUT2D eigenvalue weighted by molar-refractivity contribution is 9.10. The number of fused-ring (bicyclic) bond motifs is 1. The summed E-state index contributed by atoms with van der Waals surface area (Å²) >= 11 is 3.44. The van der Waals surface area contributed by atoms with Crippen LogP contribution in [0.4, 0.5) is 0 Å². The maximum Gasteiger partial charge on any atom is 0.295 e. The highest BCUT2D eigenvalue weighted by atomic mass is 79.9. The quantitative estimate of drug-likeness (QED) is 0.407. The summed E-state index contributed by atoms with van der Waals surface area (Å²) in [5, 5.41) is 11.1. The van der Waals surface area contributed by atoms with E-state index in [0.717, 1.165) is 10.0 Å². The maximum atomic E-state index is 13.0. The van der Waals surface area contributed by atoms with Crippen molar-refractivity contribution < 1.29 is 24.2 Å². The highest BCUT2D eigenvalue weighted by Gasteiger charge is 2.46. The van der Waals surface area contributed by atoms with Gasteiger partial charge in [-0.2, -0.15) is 0 Å². The van der Waals surface area contributed by atoms with Crippen LogP contribution in [0.3, 0.4) is 0 Å². The van der Waals surface area contributed by atoms with Crippen LogP contribution in [0.15, 0.2) is 46.4 Å². The molecule has 6 nitrogen and oxygen atoms in total. The number of benzene rings is 2. The normalized spacial score (nSPS) is 20.0. The van der Waals surface area contributed by atoms with Crippen LogP contribution in [0.2, 0.25) is 0 Å². The van der Waals surface area contributed by atoms with Gasteiger partial charge in [-0.15, -0.1) is 0 Å². The van der Waals surface area contributed by atoms with E-state index in [9.17, 15) is 14.7 Å². The van der Waals surface area contributed by atoms with Gasteiger partial charge in [0.05, 0.1) is 11.6 Å². The lowest BCUT2D eigenvalue weighted by Crippen LogP contribution is -2.30. The molecule has 1 amide bonds. The van der Waals surface area contributed by atoms with E-state index in [1.165, 1.54) is 4.90 Å². The first-order valence-corrected chi connectivity index (χ1v) is 10.7. The number of ketones is 1. The number of amides is 1. The first kappa shape index (κ1) is 20.5. The van der Waals surface area contributed by atoms with Crippen molar-refractivity contribution in [3.63, 3.8) is 0 Å². The van der Waals surface area contributed by atoms with E-state index in [2.05, 4.69) is 15.9 Å². The lowest BCUT2D eigenvalue weighted by atomic mass is 9.94. The molecule has 2 aliphatic heterocycles. The fourth-order valence-electron chi connectivity index (χ4n) is 3.88. The molecule has 2 aliphatic rings. The van der Waals surface area contributed by atoms with Crippen molar-refractivity contribution in [2.45, 2.75) is 26.3 Å². The molecule has 1 unspecified atom stereocenters. The van der Waals surface area contributed by atoms with Crippen LogP contribution in [0, 0.1) is 6.92 Å². The largest absolute Gasteiger partial charge is 0.507 e. The van der Waals surface area contributed by atoms with E-state index in [1.54, 1.807) is 24.3 Å². The minimum Gasteiger partial charge on any atom is -0.507 e. The summed E-state index contributed by atoms with van der Waals surface area (Å²) in [6, 6.07) is 10.0. The molecule has 1 saturated heterocycles. The molecule has 1 atom stereocenters. The van der Waals surface area contributed by atoms with Crippen LogP contribution in [-0.4, -0.2) is 41.5 Å². The Kier molecular flexibility index (Phi) is 5.56. The van der Waals surface area contributed by atoms with Crippen LogP contribution in [0.25, 0.3) is 5.76 Å². The first-order valence-electron chi connectivity index (χ1n) is 9.86. The number of carbonyl (C=O) groups is 2. The second kappa shape index (κ2) is 8.14. The number of likely N-dealkylation sites (tertiary alicyclic amines) is 1. The molecule has 0 saturated carbocycles. The third-order valence-electron chi connectivity index (χ3n) is 5.32. The number of hydrogen-bond acceptors (Lipinski definition) is 5. The van der Waals surface area contributed by atoms with Gasteiger partial charge in [0, 0.05) is 16.6 Å². The first-order chi connectivity index (χ1) is 14.4. The van der Waals surface area contributed by atoms with Crippen molar-refractivity contribution in [3.05, 3.63) is 63.1 Å². The third-order valence-corrected chi connectivity index (χ3v) is 6.21. The predicted octanol–water partition coefficient (Wildman–Crippen LogP) is 4.36. The number of aliphatic hydroxyl groups excluding tert-OH is 1. The molecule has 4 rings (SSSR count). The Bertz CT molecular complexity index is 1060. The second-order valence-corrected chi connectivity index (χ2v) is 8.21. The summed E-state index contributed by atoms with van der Waals surface area (Å²) in [4.78, 5) is 27.3. The Morgan fingerprint density at radius 3 is 2.57 bits per heavy atom. The van der Waals surface area contributed by atoms with Gasteiger partial charge < -0.3 is 19.5 Å². The molecule has 156 valence electrons. The molecule has 0 aliphatic carbocycles. The van der Waals surface area contributed by atoms with Gasteiger partial charge in [0.2, 0.25) is 0 Å². The summed E-state index contributed by atoms with van der Waals surface area (Å²) in [6.07, 6.45) is 0.686. The zero-order valence-electron chi connectivity index (χ0n) is 16.8. The molecule has 1 N–H and O–H groups in total. The molecule has 2 heterocycles. The average molecular weight is 472 g/mol. The van der Waals surface area contributed by atoms with Gasteiger partial charge in [-0.25, -0.2) is 0 Å². The van der Waals surface area contributed by atoms with Crippen LogP contribution in [-0.2, 0) is 9.59 Å². The van der Waals surface area contributed by atoms with Crippen molar-refractivity contribution in [3.8, 4) is 11.5 Å². The van der Waals surface area contributed by atoms with Crippen molar-refractivity contribution >= 4 is 33.4 Å². The number of aliphatic hydroxyl groups is 1. The molecule has 2 aromatic carbocycles. The Hall–Kier alpha value is -2.80. The number of halogens is 1. The molecule has 2 aromatic rings. The fraction of sp³-hybridized carbons (Fsp3) is 0.304. The number of carbonyl (C=O) groups excluding carboxylic acids is 2. The van der Waals surface area contributed by atoms with Crippen molar-refractivity contribution in [1.29, 1.82) is 0 Å².